The van der Waals surface area contributed by atoms with Crippen LogP contribution in [0.15, 0.2) is 0 Å². The lowest BCUT2D eigenvalue weighted by Crippen LogP contribution is -2.36. The molecule has 0 aromatic heterocycles. The van der Waals surface area contributed by atoms with E-state index in [0.717, 1.165) is 0 Å². The number of hydrogen-bond acceptors (Lipinski definition) is 3. The zero-order valence-corrected chi connectivity index (χ0v) is 9.86. The molecule has 1 aliphatic rings. The number of ether oxygens (including phenoxy) is 1. The summed E-state index contributed by atoms with van der Waals surface area (Å²) in [5, 5.41) is 9.18. The molecule has 16 heavy (non-hydrogen) atoms. The van der Waals surface area contributed by atoms with Gasteiger partial charge < -0.3 is 14.7 Å². The second-order valence-electron chi connectivity index (χ2n) is 4.25. The predicted octanol–water partition coefficient (Wildman–Crippen LogP) is 0.736. The van der Waals surface area contributed by atoms with Gasteiger partial charge in [-0.3, -0.25) is 9.59 Å². The normalized spacial score (nSPS) is 24.8. The van der Waals surface area contributed by atoms with E-state index in [1.54, 1.807) is 12.0 Å². The highest BCUT2D eigenvalue weighted by Crippen LogP contribution is 2.34. The van der Waals surface area contributed by atoms with Gasteiger partial charge in [0.2, 0.25) is 5.91 Å². The second kappa shape index (κ2) is 5.30. The number of carboxylic acid groups (broad SMARTS) is 1. The minimum Gasteiger partial charge on any atom is -0.481 e. The number of hydrogen-bond donors (Lipinski definition) is 1. The Morgan fingerprint density at radius 3 is 2.62 bits per heavy atom. The SMILES string of the molecule is CCC1(C(=O)O)CCN(C(=O)CCOC)C1. The first-order chi connectivity index (χ1) is 7.55. The van der Waals surface area contributed by atoms with Gasteiger partial charge in [0.15, 0.2) is 0 Å². The summed E-state index contributed by atoms with van der Waals surface area (Å²) in [5.41, 5.74) is -0.733. The Labute approximate surface area is 95.4 Å². The van der Waals surface area contributed by atoms with Crippen molar-refractivity contribution < 1.29 is 19.4 Å². The summed E-state index contributed by atoms with van der Waals surface area (Å²) in [5.74, 6) is -0.810. The van der Waals surface area contributed by atoms with Crippen molar-refractivity contribution in [3.8, 4) is 0 Å². The Balaban J connectivity index is 2.57. The summed E-state index contributed by atoms with van der Waals surface area (Å²) >= 11 is 0. The zero-order chi connectivity index (χ0) is 12.2. The molecule has 0 aromatic rings. The standard InChI is InChI=1S/C11H19NO4/c1-3-11(10(14)15)5-6-12(8-11)9(13)4-7-16-2/h3-8H2,1-2H3,(H,14,15). The third kappa shape index (κ3) is 2.52. The number of methoxy groups -OCH3 is 1. The highest BCUT2D eigenvalue weighted by Gasteiger charge is 2.44. The van der Waals surface area contributed by atoms with Gasteiger partial charge in [-0.05, 0) is 12.8 Å². The summed E-state index contributed by atoms with van der Waals surface area (Å²) in [6.45, 7) is 3.13. The first kappa shape index (κ1) is 13.0. The molecule has 1 saturated heterocycles. The monoisotopic (exact) mass is 229 g/mol. The van der Waals surface area contributed by atoms with Crippen LogP contribution in [0.25, 0.3) is 0 Å². The Morgan fingerprint density at radius 2 is 2.19 bits per heavy atom. The number of carbonyl (C=O) groups is 2. The molecule has 5 nitrogen and oxygen atoms in total. The van der Waals surface area contributed by atoms with Gasteiger partial charge in [-0.15, -0.1) is 0 Å². The van der Waals surface area contributed by atoms with Crippen molar-refractivity contribution in [2.75, 3.05) is 26.8 Å². The lowest BCUT2D eigenvalue weighted by atomic mass is 9.84. The predicted molar refractivity (Wildman–Crippen MR) is 58.0 cm³/mol. The topological polar surface area (TPSA) is 66.8 Å². The van der Waals surface area contributed by atoms with Crippen molar-refractivity contribution in [1.29, 1.82) is 0 Å². The third-order valence-electron chi connectivity index (χ3n) is 3.36. The van der Waals surface area contributed by atoms with Crippen LogP contribution in [0.4, 0.5) is 0 Å². The summed E-state index contributed by atoms with van der Waals surface area (Å²) in [6.07, 6.45) is 1.45. The van der Waals surface area contributed by atoms with Crippen molar-refractivity contribution in [2.24, 2.45) is 5.41 Å². The number of amides is 1. The Hall–Kier alpha value is -1.10. The molecule has 0 aromatic carbocycles. The van der Waals surface area contributed by atoms with Gasteiger partial charge >= 0.3 is 5.97 Å². The quantitative estimate of drug-likeness (QED) is 0.755. The number of likely N-dealkylation sites (tertiary alicyclic amines) is 1. The fourth-order valence-corrected chi connectivity index (χ4v) is 2.05. The number of aliphatic carboxylic acids is 1. The molecule has 0 radical (unpaired) electrons. The molecule has 0 saturated carbocycles. The maximum absolute atomic E-state index is 11.7. The number of rotatable bonds is 5. The average molecular weight is 229 g/mol. The van der Waals surface area contributed by atoms with Crippen LogP contribution in [0.1, 0.15) is 26.2 Å². The van der Waals surface area contributed by atoms with E-state index in [2.05, 4.69) is 0 Å². The lowest BCUT2D eigenvalue weighted by molar-refractivity contribution is -0.148. The van der Waals surface area contributed by atoms with Gasteiger partial charge in [0.05, 0.1) is 18.4 Å². The third-order valence-corrected chi connectivity index (χ3v) is 3.36. The molecule has 1 rings (SSSR count). The van der Waals surface area contributed by atoms with E-state index in [1.807, 2.05) is 6.92 Å². The van der Waals surface area contributed by atoms with Gasteiger partial charge in [-0.1, -0.05) is 6.92 Å². The summed E-state index contributed by atoms with van der Waals surface area (Å²) in [6, 6.07) is 0. The maximum Gasteiger partial charge on any atom is 0.311 e. The highest BCUT2D eigenvalue weighted by atomic mass is 16.5. The largest absolute Gasteiger partial charge is 0.481 e. The molecule has 1 aliphatic heterocycles. The van der Waals surface area contributed by atoms with Crippen molar-refractivity contribution in [3.05, 3.63) is 0 Å². The van der Waals surface area contributed by atoms with Crippen molar-refractivity contribution >= 4 is 11.9 Å². The van der Waals surface area contributed by atoms with E-state index in [1.165, 1.54) is 0 Å². The summed E-state index contributed by atoms with van der Waals surface area (Å²) < 4.78 is 4.83. The molecule has 1 fully saturated rings. The fourth-order valence-electron chi connectivity index (χ4n) is 2.05. The molecule has 1 N–H and O–H groups in total. The van der Waals surface area contributed by atoms with Gasteiger partial charge in [0, 0.05) is 20.2 Å². The van der Waals surface area contributed by atoms with E-state index in [4.69, 9.17) is 4.74 Å². The molecule has 0 aliphatic carbocycles. The first-order valence-corrected chi connectivity index (χ1v) is 5.56. The Bertz CT molecular complexity index is 279. The van der Waals surface area contributed by atoms with Crippen LogP contribution in [0.2, 0.25) is 0 Å². The van der Waals surface area contributed by atoms with Crippen LogP contribution >= 0.6 is 0 Å². The van der Waals surface area contributed by atoms with E-state index < -0.39 is 11.4 Å². The highest BCUT2D eigenvalue weighted by molar-refractivity contribution is 5.80. The van der Waals surface area contributed by atoms with Crippen LogP contribution in [0.5, 0.6) is 0 Å². The van der Waals surface area contributed by atoms with E-state index in [0.29, 0.717) is 39.0 Å². The van der Waals surface area contributed by atoms with Crippen molar-refractivity contribution in [1.82, 2.24) is 4.90 Å². The molecular weight excluding hydrogens is 210 g/mol. The lowest BCUT2D eigenvalue weighted by Gasteiger charge is -2.23. The molecule has 92 valence electrons. The van der Waals surface area contributed by atoms with Crippen LogP contribution in [-0.2, 0) is 14.3 Å². The smallest absolute Gasteiger partial charge is 0.311 e. The Morgan fingerprint density at radius 1 is 1.50 bits per heavy atom. The van der Waals surface area contributed by atoms with Crippen molar-refractivity contribution in [2.45, 2.75) is 26.2 Å². The molecular formula is C11H19NO4. The second-order valence-corrected chi connectivity index (χ2v) is 4.25. The molecule has 0 spiro atoms. The van der Waals surface area contributed by atoms with Gasteiger partial charge in [-0.2, -0.15) is 0 Å². The Kier molecular flexibility index (Phi) is 4.29. The van der Waals surface area contributed by atoms with Gasteiger partial charge in [0.1, 0.15) is 0 Å². The van der Waals surface area contributed by atoms with Gasteiger partial charge in [0.25, 0.3) is 0 Å². The summed E-state index contributed by atoms with van der Waals surface area (Å²) in [7, 11) is 1.55. The fraction of sp³-hybridized carbons (Fsp3) is 0.818. The van der Waals surface area contributed by atoms with Crippen LogP contribution < -0.4 is 0 Å². The summed E-state index contributed by atoms with van der Waals surface area (Å²) in [4.78, 5) is 24.5. The van der Waals surface area contributed by atoms with Crippen LogP contribution in [0, 0.1) is 5.41 Å². The van der Waals surface area contributed by atoms with E-state index in [9.17, 15) is 14.7 Å². The van der Waals surface area contributed by atoms with Gasteiger partial charge in [-0.25, -0.2) is 0 Å². The number of nitrogens with zero attached hydrogens (tertiary/aromatic N) is 1. The average Bonchev–Trinajstić information content (AvgIpc) is 2.71. The molecule has 1 amide bonds. The van der Waals surface area contributed by atoms with Crippen LogP contribution in [-0.4, -0.2) is 48.7 Å². The van der Waals surface area contributed by atoms with E-state index in [-0.39, 0.29) is 5.91 Å². The zero-order valence-electron chi connectivity index (χ0n) is 9.86. The molecule has 0 bridgehead atoms. The number of carboxylic acids is 1. The number of carbonyl (C=O) groups excluding carboxylic acids is 1. The first-order valence-electron chi connectivity index (χ1n) is 5.56. The minimum absolute atomic E-state index is 0.0153. The molecule has 5 heteroatoms. The van der Waals surface area contributed by atoms with Crippen LogP contribution in [0.3, 0.4) is 0 Å². The van der Waals surface area contributed by atoms with E-state index >= 15 is 0 Å². The minimum atomic E-state index is -0.794. The molecule has 1 unspecified atom stereocenters. The molecule has 1 heterocycles. The maximum atomic E-state index is 11.7. The van der Waals surface area contributed by atoms with Crippen molar-refractivity contribution in [3.63, 3.8) is 0 Å². The molecule has 1 atom stereocenters.